The van der Waals surface area contributed by atoms with E-state index in [2.05, 4.69) is 24.3 Å². The molecule has 3 aliphatic rings. The van der Waals surface area contributed by atoms with Crippen molar-refractivity contribution >= 4 is 23.3 Å². The third-order valence-corrected chi connectivity index (χ3v) is 10.2. The molecule has 0 aromatic heterocycles. The molecule has 0 radical (unpaired) electrons. The molecule has 5 aromatic rings. The van der Waals surface area contributed by atoms with Crippen LogP contribution in [0.4, 0.5) is 5.69 Å². The van der Waals surface area contributed by atoms with Gasteiger partial charge in [0.05, 0.1) is 28.4 Å². The first-order chi connectivity index (χ1) is 21.1. The van der Waals surface area contributed by atoms with E-state index in [1.807, 2.05) is 115 Å². The fourth-order valence-corrected chi connectivity index (χ4v) is 8.88. The number of amides is 2. The number of carbonyl (C=O) groups is 3. The molecular weight excluding hydrogens is 530 g/mol. The standard InChI is InChI=1S/C39H29NO3/c41-35-33-34(36(42)40(35)30-24-14-5-15-25-30)39(29-22-12-4-13-23-29)32(27-18-8-2-9-19-27)31(26-16-6-1-7-17-26)38(33,37(39)43)28-20-10-3-11-21-28/h1-25,31-34H/t31-,32-,33+,34+,38+,39+/m0/s1. The van der Waals surface area contributed by atoms with Crippen LogP contribution in [0.2, 0.25) is 0 Å². The molecule has 8 rings (SSSR count). The number of hydrogen-bond acceptors (Lipinski definition) is 3. The van der Waals surface area contributed by atoms with Crippen molar-refractivity contribution in [3.8, 4) is 0 Å². The third kappa shape index (κ3) is 3.18. The van der Waals surface area contributed by atoms with Crippen LogP contribution in [0.15, 0.2) is 152 Å². The second-order valence-electron chi connectivity index (χ2n) is 11.9. The Morgan fingerprint density at radius 3 is 1.09 bits per heavy atom. The summed E-state index contributed by atoms with van der Waals surface area (Å²) in [7, 11) is 0. The summed E-state index contributed by atoms with van der Waals surface area (Å²) in [5.74, 6) is -3.14. The number of nitrogens with zero attached hydrogens (tertiary/aromatic N) is 1. The van der Waals surface area contributed by atoms with Gasteiger partial charge in [-0.05, 0) is 34.4 Å². The van der Waals surface area contributed by atoms with Gasteiger partial charge < -0.3 is 0 Å². The zero-order valence-corrected chi connectivity index (χ0v) is 23.4. The maximum absolute atomic E-state index is 15.8. The van der Waals surface area contributed by atoms with Gasteiger partial charge in [-0.25, -0.2) is 4.90 Å². The largest absolute Gasteiger partial charge is 0.298 e. The molecule has 0 N–H and O–H groups in total. The lowest BCUT2D eigenvalue weighted by molar-refractivity contribution is -0.131. The zero-order chi connectivity index (χ0) is 29.2. The first-order valence-electron chi connectivity index (χ1n) is 14.8. The second-order valence-corrected chi connectivity index (χ2v) is 11.9. The summed E-state index contributed by atoms with van der Waals surface area (Å²) in [6.45, 7) is 0. The summed E-state index contributed by atoms with van der Waals surface area (Å²) < 4.78 is 0. The number of carbonyl (C=O) groups excluding carboxylic acids is 3. The third-order valence-electron chi connectivity index (χ3n) is 10.2. The Bertz CT molecular complexity index is 1730. The Morgan fingerprint density at radius 2 is 0.721 bits per heavy atom. The molecule has 4 heteroatoms. The molecule has 1 saturated heterocycles. The summed E-state index contributed by atoms with van der Waals surface area (Å²) in [6.07, 6.45) is 0. The number of benzene rings is 5. The van der Waals surface area contributed by atoms with Gasteiger partial charge in [-0.1, -0.05) is 140 Å². The molecule has 43 heavy (non-hydrogen) atoms. The lowest BCUT2D eigenvalue weighted by atomic mass is 9.52. The highest BCUT2D eigenvalue weighted by molar-refractivity contribution is 6.30. The Hall–Kier alpha value is -5.09. The van der Waals surface area contributed by atoms with Crippen LogP contribution in [0.3, 0.4) is 0 Å². The first-order valence-corrected chi connectivity index (χ1v) is 14.8. The highest BCUT2D eigenvalue weighted by Crippen LogP contribution is 2.77. The van der Waals surface area contributed by atoms with E-state index in [0.717, 1.165) is 22.3 Å². The molecule has 0 spiro atoms. The summed E-state index contributed by atoms with van der Waals surface area (Å²) in [6, 6.07) is 48.9. The molecular formula is C39H29NO3. The van der Waals surface area contributed by atoms with Crippen LogP contribution in [-0.4, -0.2) is 17.6 Å². The van der Waals surface area contributed by atoms with Gasteiger partial charge in [0.1, 0.15) is 0 Å². The molecule has 3 fully saturated rings. The van der Waals surface area contributed by atoms with Crippen molar-refractivity contribution in [2.75, 3.05) is 4.90 Å². The van der Waals surface area contributed by atoms with Crippen molar-refractivity contribution in [2.45, 2.75) is 22.7 Å². The van der Waals surface area contributed by atoms with Gasteiger partial charge in [-0.3, -0.25) is 14.4 Å². The molecule has 2 amide bonds. The molecule has 1 aliphatic heterocycles. The van der Waals surface area contributed by atoms with Gasteiger partial charge in [-0.2, -0.15) is 0 Å². The van der Waals surface area contributed by atoms with E-state index in [0.29, 0.717) is 5.69 Å². The Balaban J connectivity index is 1.53. The molecule has 5 aromatic carbocycles. The van der Waals surface area contributed by atoms with Crippen LogP contribution in [0, 0.1) is 11.8 Å². The van der Waals surface area contributed by atoms with E-state index in [-0.39, 0.29) is 29.4 Å². The minimum Gasteiger partial charge on any atom is -0.298 e. The monoisotopic (exact) mass is 559 g/mol. The van der Waals surface area contributed by atoms with E-state index >= 15 is 4.79 Å². The van der Waals surface area contributed by atoms with Crippen LogP contribution in [0.25, 0.3) is 0 Å². The van der Waals surface area contributed by atoms with Crippen molar-refractivity contribution < 1.29 is 14.4 Å². The summed E-state index contributed by atoms with van der Waals surface area (Å²) in [5.41, 5.74) is 1.57. The number of anilines is 1. The smallest absolute Gasteiger partial charge is 0.239 e. The maximum Gasteiger partial charge on any atom is 0.239 e. The van der Waals surface area contributed by atoms with Crippen molar-refractivity contribution in [1.29, 1.82) is 0 Å². The topological polar surface area (TPSA) is 54.5 Å². The quantitative estimate of drug-likeness (QED) is 0.222. The van der Waals surface area contributed by atoms with E-state index in [1.165, 1.54) is 4.90 Å². The number of ketones is 1. The molecule has 2 saturated carbocycles. The molecule has 4 nitrogen and oxygen atoms in total. The first kappa shape index (κ1) is 25.6. The Morgan fingerprint density at radius 1 is 0.395 bits per heavy atom. The molecule has 6 atom stereocenters. The van der Waals surface area contributed by atoms with Gasteiger partial charge in [0.2, 0.25) is 11.8 Å². The average Bonchev–Trinajstić information content (AvgIpc) is 3.59. The highest BCUT2D eigenvalue weighted by Gasteiger charge is 2.86. The number of imide groups is 1. The van der Waals surface area contributed by atoms with Crippen LogP contribution < -0.4 is 4.90 Å². The summed E-state index contributed by atoms with van der Waals surface area (Å²) >= 11 is 0. The average molecular weight is 560 g/mol. The Kier molecular flexibility index (Phi) is 5.64. The minimum atomic E-state index is -1.26. The number of Topliss-reactive ketones (excluding diaryl/α,β-unsaturated/α-hetero) is 1. The molecule has 1 heterocycles. The maximum atomic E-state index is 15.8. The van der Waals surface area contributed by atoms with Gasteiger partial charge in [0, 0.05) is 11.8 Å². The lowest BCUT2D eigenvalue weighted by Gasteiger charge is -2.46. The lowest BCUT2D eigenvalue weighted by Crippen LogP contribution is -2.49. The molecule has 0 unspecified atom stereocenters. The number of para-hydroxylation sites is 1. The highest BCUT2D eigenvalue weighted by atomic mass is 16.2. The summed E-state index contributed by atoms with van der Waals surface area (Å²) in [4.78, 5) is 46.9. The van der Waals surface area contributed by atoms with E-state index in [1.54, 1.807) is 12.1 Å². The second kappa shape index (κ2) is 9.47. The van der Waals surface area contributed by atoms with Crippen molar-refractivity contribution in [1.82, 2.24) is 0 Å². The van der Waals surface area contributed by atoms with E-state index < -0.39 is 22.7 Å². The van der Waals surface area contributed by atoms with Gasteiger partial charge in [0.25, 0.3) is 0 Å². The van der Waals surface area contributed by atoms with Gasteiger partial charge in [-0.15, -0.1) is 0 Å². The Labute approximate surface area is 250 Å². The van der Waals surface area contributed by atoms with Crippen molar-refractivity contribution in [3.05, 3.63) is 174 Å². The number of rotatable bonds is 5. The SMILES string of the molecule is O=C1[C@H]2[C@H](C(=O)N1c1ccccc1)[C@]1(c3ccccc3)C(=O)[C@]2(c2ccccc2)[C@@H](c2ccccc2)[C@@H]1c1ccccc1. The molecule has 208 valence electrons. The van der Waals surface area contributed by atoms with E-state index in [9.17, 15) is 9.59 Å². The van der Waals surface area contributed by atoms with Crippen molar-refractivity contribution in [2.24, 2.45) is 11.8 Å². The van der Waals surface area contributed by atoms with Crippen LogP contribution in [0.1, 0.15) is 34.1 Å². The molecule has 2 aliphatic carbocycles. The van der Waals surface area contributed by atoms with Gasteiger partial charge >= 0.3 is 0 Å². The fraction of sp³-hybridized carbons (Fsp3) is 0.154. The van der Waals surface area contributed by atoms with E-state index in [4.69, 9.17) is 0 Å². The molecule has 2 bridgehead atoms. The van der Waals surface area contributed by atoms with Crippen LogP contribution in [-0.2, 0) is 25.2 Å². The minimum absolute atomic E-state index is 0.0375. The van der Waals surface area contributed by atoms with Crippen LogP contribution >= 0.6 is 0 Å². The fourth-order valence-electron chi connectivity index (χ4n) is 8.88. The van der Waals surface area contributed by atoms with Gasteiger partial charge in [0.15, 0.2) is 5.78 Å². The zero-order valence-electron chi connectivity index (χ0n) is 23.4. The number of fused-ring (bicyclic) bond motifs is 5. The summed E-state index contributed by atoms with van der Waals surface area (Å²) in [5, 5.41) is 0. The predicted octanol–water partition coefficient (Wildman–Crippen LogP) is 6.83. The normalized spacial score (nSPS) is 29.2. The number of hydrogen-bond donors (Lipinski definition) is 0. The predicted molar refractivity (Wildman–Crippen MR) is 166 cm³/mol. The van der Waals surface area contributed by atoms with Crippen LogP contribution in [0.5, 0.6) is 0 Å². The van der Waals surface area contributed by atoms with Crippen molar-refractivity contribution in [3.63, 3.8) is 0 Å².